The van der Waals surface area contributed by atoms with Crippen LogP contribution in [0.3, 0.4) is 0 Å². The predicted octanol–water partition coefficient (Wildman–Crippen LogP) is 4.33. The fraction of sp³-hybridized carbons (Fsp3) is 0.0556. The maximum Gasteiger partial charge on any atom is 0.154 e. The van der Waals surface area contributed by atoms with Gasteiger partial charge in [-0.2, -0.15) is 0 Å². The van der Waals surface area contributed by atoms with Crippen molar-refractivity contribution in [3.8, 4) is 16.9 Å². The van der Waals surface area contributed by atoms with Crippen molar-refractivity contribution in [1.29, 1.82) is 0 Å². The second-order valence-corrected chi connectivity index (χ2v) is 4.60. The normalized spacial score (nSPS) is 10.4. The van der Waals surface area contributed by atoms with Gasteiger partial charge >= 0.3 is 0 Å². The van der Waals surface area contributed by atoms with Gasteiger partial charge in [-0.25, -0.2) is 0 Å². The molecular formula is C18H14O2. The Labute approximate surface area is 117 Å². The number of hydrogen-bond donors (Lipinski definition) is 0. The quantitative estimate of drug-likeness (QED) is 0.657. The van der Waals surface area contributed by atoms with E-state index in [4.69, 9.17) is 4.74 Å². The van der Waals surface area contributed by atoms with Gasteiger partial charge in [0.25, 0.3) is 0 Å². The summed E-state index contributed by atoms with van der Waals surface area (Å²) in [6.45, 7) is 0. The van der Waals surface area contributed by atoms with Crippen molar-refractivity contribution in [3.05, 3.63) is 66.2 Å². The molecule has 0 aliphatic heterocycles. The molecule has 3 aromatic carbocycles. The lowest BCUT2D eigenvalue weighted by atomic mass is 9.97. The topological polar surface area (TPSA) is 26.3 Å². The molecule has 0 bridgehead atoms. The summed E-state index contributed by atoms with van der Waals surface area (Å²) < 4.78 is 5.25. The highest BCUT2D eigenvalue weighted by atomic mass is 16.5. The minimum absolute atomic E-state index is 0.588. The van der Waals surface area contributed by atoms with E-state index in [9.17, 15) is 4.79 Å². The summed E-state index contributed by atoms with van der Waals surface area (Å²) >= 11 is 0. The van der Waals surface area contributed by atoms with E-state index >= 15 is 0 Å². The lowest BCUT2D eigenvalue weighted by molar-refractivity contribution is 0.112. The fourth-order valence-electron chi connectivity index (χ4n) is 2.45. The van der Waals surface area contributed by atoms with Gasteiger partial charge in [0.1, 0.15) is 5.75 Å². The monoisotopic (exact) mass is 262 g/mol. The smallest absolute Gasteiger partial charge is 0.154 e. The average molecular weight is 262 g/mol. The highest BCUT2D eigenvalue weighted by Gasteiger charge is 2.10. The van der Waals surface area contributed by atoms with Crippen LogP contribution in [-0.4, -0.2) is 13.4 Å². The zero-order valence-electron chi connectivity index (χ0n) is 11.2. The Morgan fingerprint density at radius 2 is 1.70 bits per heavy atom. The highest BCUT2D eigenvalue weighted by molar-refractivity contribution is 5.94. The number of rotatable bonds is 3. The first-order valence-electron chi connectivity index (χ1n) is 6.45. The van der Waals surface area contributed by atoms with E-state index in [1.807, 2.05) is 30.3 Å². The van der Waals surface area contributed by atoms with Crippen molar-refractivity contribution < 1.29 is 9.53 Å². The van der Waals surface area contributed by atoms with Crippen LogP contribution in [0.2, 0.25) is 0 Å². The molecule has 0 radical (unpaired) electrons. The van der Waals surface area contributed by atoms with Crippen LogP contribution in [-0.2, 0) is 0 Å². The van der Waals surface area contributed by atoms with Crippen molar-refractivity contribution in [2.45, 2.75) is 0 Å². The van der Waals surface area contributed by atoms with Gasteiger partial charge in [-0.15, -0.1) is 0 Å². The molecular weight excluding hydrogens is 248 g/mol. The SMILES string of the molecule is COc1cccc(-c2ccc3ccccc3c2)c1C=O. The lowest BCUT2D eigenvalue weighted by Gasteiger charge is -2.10. The molecule has 3 aromatic rings. The van der Waals surface area contributed by atoms with Gasteiger partial charge < -0.3 is 4.74 Å². The first-order valence-corrected chi connectivity index (χ1v) is 6.45. The second kappa shape index (κ2) is 5.17. The third-order valence-corrected chi connectivity index (χ3v) is 3.46. The summed E-state index contributed by atoms with van der Waals surface area (Å²) in [7, 11) is 1.58. The van der Waals surface area contributed by atoms with Crippen LogP contribution in [0.15, 0.2) is 60.7 Å². The summed E-state index contributed by atoms with van der Waals surface area (Å²) in [6, 6.07) is 20.0. The van der Waals surface area contributed by atoms with Gasteiger partial charge in [0.2, 0.25) is 0 Å². The Kier molecular flexibility index (Phi) is 3.21. The van der Waals surface area contributed by atoms with E-state index in [1.165, 1.54) is 5.39 Å². The molecule has 0 aliphatic rings. The zero-order valence-corrected chi connectivity index (χ0v) is 11.2. The first-order chi connectivity index (χ1) is 9.83. The minimum Gasteiger partial charge on any atom is -0.496 e. The largest absolute Gasteiger partial charge is 0.496 e. The molecule has 0 unspecified atom stereocenters. The molecule has 0 saturated carbocycles. The maximum atomic E-state index is 11.4. The van der Waals surface area contributed by atoms with Crippen molar-refractivity contribution in [2.75, 3.05) is 7.11 Å². The van der Waals surface area contributed by atoms with E-state index in [0.29, 0.717) is 11.3 Å². The van der Waals surface area contributed by atoms with Crippen molar-refractivity contribution in [3.63, 3.8) is 0 Å². The standard InChI is InChI=1S/C18H14O2/c1-20-18-8-4-7-16(17(18)12-19)15-10-9-13-5-2-3-6-14(13)11-15/h2-12H,1H3. The Hall–Kier alpha value is -2.61. The molecule has 0 atom stereocenters. The molecule has 0 aromatic heterocycles. The average Bonchev–Trinajstić information content (AvgIpc) is 2.53. The second-order valence-electron chi connectivity index (χ2n) is 4.60. The molecule has 3 rings (SSSR count). The number of carbonyl (C=O) groups excluding carboxylic acids is 1. The Morgan fingerprint density at radius 1 is 0.900 bits per heavy atom. The van der Waals surface area contributed by atoms with Gasteiger partial charge in [-0.1, -0.05) is 48.5 Å². The number of hydrogen-bond acceptors (Lipinski definition) is 2. The van der Waals surface area contributed by atoms with Gasteiger partial charge in [0.15, 0.2) is 6.29 Å². The third-order valence-electron chi connectivity index (χ3n) is 3.46. The van der Waals surface area contributed by atoms with Crippen LogP contribution in [0.25, 0.3) is 21.9 Å². The van der Waals surface area contributed by atoms with E-state index in [2.05, 4.69) is 24.3 Å². The molecule has 0 N–H and O–H groups in total. The van der Waals surface area contributed by atoms with Crippen LogP contribution in [0.4, 0.5) is 0 Å². The van der Waals surface area contributed by atoms with Crippen LogP contribution in [0.5, 0.6) is 5.75 Å². The molecule has 20 heavy (non-hydrogen) atoms. The molecule has 0 fully saturated rings. The molecule has 98 valence electrons. The van der Waals surface area contributed by atoms with Gasteiger partial charge in [0.05, 0.1) is 12.7 Å². The number of fused-ring (bicyclic) bond motifs is 1. The highest BCUT2D eigenvalue weighted by Crippen LogP contribution is 2.31. The van der Waals surface area contributed by atoms with Crippen molar-refractivity contribution >= 4 is 17.1 Å². The number of methoxy groups -OCH3 is 1. The number of benzene rings is 3. The van der Waals surface area contributed by atoms with Gasteiger partial charge in [0, 0.05) is 0 Å². The zero-order chi connectivity index (χ0) is 13.9. The Morgan fingerprint density at radius 3 is 2.45 bits per heavy atom. The van der Waals surface area contributed by atoms with Crippen LogP contribution < -0.4 is 4.74 Å². The molecule has 0 heterocycles. The van der Waals surface area contributed by atoms with E-state index < -0.39 is 0 Å². The predicted molar refractivity (Wildman–Crippen MR) is 81.3 cm³/mol. The summed E-state index contributed by atoms with van der Waals surface area (Å²) in [5.74, 6) is 0.602. The van der Waals surface area contributed by atoms with E-state index in [1.54, 1.807) is 13.2 Å². The molecule has 2 heteroatoms. The van der Waals surface area contributed by atoms with Crippen LogP contribution >= 0.6 is 0 Å². The minimum atomic E-state index is 0.588. The number of carbonyl (C=O) groups is 1. The maximum absolute atomic E-state index is 11.4. The molecule has 0 spiro atoms. The van der Waals surface area contributed by atoms with Crippen LogP contribution in [0, 0.1) is 0 Å². The van der Waals surface area contributed by atoms with Gasteiger partial charge in [-0.3, -0.25) is 4.79 Å². The van der Waals surface area contributed by atoms with E-state index in [0.717, 1.165) is 22.8 Å². The summed E-state index contributed by atoms with van der Waals surface area (Å²) in [4.78, 5) is 11.4. The Bertz CT molecular complexity index is 775. The Balaban J connectivity index is 2.22. The third kappa shape index (κ3) is 2.05. The number of aldehydes is 1. The molecule has 2 nitrogen and oxygen atoms in total. The van der Waals surface area contributed by atoms with E-state index in [-0.39, 0.29) is 0 Å². The number of ether oxygens (including phenoxy) is 1. The van der Waals surface area contributed by atoms with Crippen molar-refractivity contribution in [1.82, 2.24) is 0 Å². The molecule has 0 amide bonds. The van der Waals surface area contributed by atoms with Crippen LogP contribution in [0.1, 0.15) is 10.4 Å². The summed E-state index contributed by atoms with van der Waals surface area (Å²) in [5.41, 5.74) is 2.50. The summed E-state index contributed by atoms with van der Waals surface area (Å²) in [6.07, 6.45) is 0.851. The fourth-order valence-corrected chi connectivity index (χ4v) is 2.45. The molecule has 0 saturated heterocycles. The van der Waals surface area contributed by atoms with Gasteiger partial charge in [-0.05, 0) is 34.0 Å². The first kappa shape index (κ1) is 12.4. The summed E-state index contributed by atoms with van der Waals surface area (Å²) in [5, 5.41) is 2.34. The molecule has 0 aliphatic carbocycles. The van der Waals surface area contributed by atoms with Crippen molar-refractivity contribution in [2.24, 2.45) is 0 Å². The lowest BCUT2D eigenvalue weighted by Crippen LogP contribution is -1.93.